The van der Waals surface area contributed by atoms with E-state index in [0.717, 1.165) is 24.8 Å². The number of hydrogen-bond acceptors (Lipinski definition) is 5. The van der Waals surface area contributed by atoms with Crippen molar-refractivity contribution in [1.82, 2.24) is 10.2 Å². The molecule has 0 aliphatic carbocycles. The molecule has 1 aromatic rings. The number of carbonyl (C=O) groups is 3. The second kappa shape index (κ2) is 16.7. The zero-order valence-corrected chi connectivity index (χ0v) is 22.2. The third-order valence-corrected chi connectivity index (χ3v) is 5.99. The normalized spacial score (nSPS) is 12.8. The van der Waals surface area contributed by atoms with Crippen LogP contribution in [0.1, 0.15) is 64.9 Å². The molecule has 0 saturated carbocycles. The maximum Gasteiger partial charge on any atom is 0.305 e. The van der Waals surface area contributed by atoms with Gasteiger partial charge in [-0.2, -0.15) is 0 Å². The highest BCUT2D eigenvalue weighted by Gasteiger charge is 2.31. The predicted molar refractivity (Wildman–Crippen MR) is 143 cm³/mol. The molecule has 0 aromatic heterocycles. The standard InChI is InChI=1S/C29H44N2O5/c1-6-8-9-13-17-27(34)36-22-25(29(3,4)5)30-28(35)24(14-7-2)20-26(33)31(18-19-32)21-23-15-11-10-12-16-23/h6-7,10-12,15-16,24-25,32H,1-2,8-9,13-14,17-22H2,3-5H3,(H,30,35)/t24-,25-/m1/s1. The van der Waals surface area contributed by atoms with Crippen LogP contribution in [0, 0.1) is 11.3 Å². The van der Waals surface area contributed by atoms with Crippen LogP contribution in [-0.4, -0.2) is 53.6 Å². The molecule has 7 nitrogen and oxygen atoms in total. The number of amides is 2. The van der Waals surface area contributed by atoms with Crippen LogP contribution < -0.4 is 5.32 Å². The van der Waals surface area contributed by atoms with Gasteiger partial charge in [-0.15, -0.1) is 13.2 Å². The molecule has 1 rings (SSSR count). The Morgan fingerprint density at radius 3 is 2.39 bits per heavy atom. The summed E-state index contributed by atoms with van der Waals surface area (Å²) >= 11 is 0. The molecule has 0 bridgehead atoms. The largest absolute Gasteiger partial charge is 0.463 e. The average molecular weight is 501 g/mol. The number of carbonyl (C=O) groups excluding carboxylic acids is 3. The first-order chi connectivity index (χ1) is 17.1. The molecule has 0 heterocycles. The Hall–Kier alpha value is -2.93. The first-order valence-electron chi connectivity index (χ1n) is 12.7. The van der Waals surface area contributed by atoms with Crippen LogP contribution >= 0.6 is 0 Å². The lowest BCUT2D eigenvalue weighted by molar-refractivity contribution is -0.146. The number of allylic oxidation sites excluding steroid dienone is 2. The van der Waals surface area contributed by atoms with Crippen LogP contribution in [0.2, 0.25) is 0 Å². The van der Waals surface area contributed by atoms with Crippen LogP contribution in [0.5, 0.6) is 0 Å². The van der Waals surface area contributed by atoms with E-state index < -0.39 is 12.0 Å². The molecule has 2 atom stereocenters. The minimum Gasteiger partial charge on any atom is -0.463 e. The minimum absolute atomic E-state index is 0.00928. The topological polar surface area (TPSA) is 95.9 Å². The zero-order chi connectivity index (χ0) is 27.0. The van der Waals surface area contributed by atoms with Gasteiger partial charge in [-0.25, -0.2) is 0 Å². The fraction of sp³-hybridized carbons (Fsp3) is 0.552. The number of nitrogens with one attached hydrogen (secondary N) is 1. The lowest BCUT2D eigenvalue weighted by Gasteiger charge is -2.32. The molecule has 0 aliphatic heterocycles. The van der Waals surface area contributed by atoms with E-state index in [1.165, 1.54) is 0 Å². The Morgan fingerprint density at radius 1 is 1.11 bits per heavy atom. The summed E-state index contributed by atoms with van der Waals surface area (Å²) in [5, 5.41) is 12.5. The Morgan fingerprint density at radius 2 is 1.81 bits per heavy atom. The van der Waals surface area contributed by atoms with Crippen molar-refractivity contribution in [3.63, 3.8) is 0 Å². The Labute approximate surface area is 216 Å². The molecule has 36 heavy (non-hydrogen) atoms. The maximum atomic E-state index is 13.2. The minimum atomic E-state index is -0.619. The predicted octanol–water partition coefficient (Wildman–Crippen LogP) is 4.41. The van der Waals surface area contributed by atoms with Gasteiger partial charge in [0.2, 0.25) is 11.8 Å². The molecular formula is C29H44N2O5. The van der Waals surface area contributed by atoms with Crippen molar-refractivity contribution >= 4 is 17.8 Å². The monoisotopic (exact) mass is 500 g/mol. The van der Waals surface area contributed by atoms with E-state index in [0.29, 0.717) is 19.4 Å². The number of aliphatic hydroxyl groups is 1. The molecule has 0 aliphatic rings. The van der Waals surface area contributed by atoms with E-state index >= 15 is 0 Å². The van der Waals surface area contributed by atoms with E-state index in [2.05, 4.69) is 18.5 Å². The van der Waals surface area contributed by atoms with Crippen molar-refractivity contribution in [2.75, 3.05) is 19.8 Å². The fourth-order valence-electron chi connectivity index (χ4n) is 3.64. The second-order valence-electron chi connectivity index (χ2n) is 10.1. The molecule has 0 spiro atoms. The van der Waals surface area contributed by atoms with Crippen LogP contribution in [0.25, 0.3) is 0 Å². The van der Waals surface area contributed by atoms with Gasteiger partial charge in [-0.1, -0.05) is 63.3 Å². The molecule has 0 radical (unpaired) electrons. The summed E-state index contributed by atoms with van der Waals surface area (Å²) in [5.74, 6) is -1.41. The summed E-state index contributed by atoms with van der Waals surface area (Å²) in [6.07, 6.45) is 6.57. The van der Waals surface area contributed by atoms with E-state index in [1.807, 2.05) is 57.2 Å². The first kappa shape index (κ1) is 31.1. The fourth-order valence-corrected chi connectivity index (χ4v) is 3.64. The lowest BCUT2D eigenvalue weighted by Crippen LogP contribution is -2.49. The Kier molecular flexibility index (Phi) is 14.4. The molecular weight excluding hydrogens is 456 g/mol. The molecule has 2 N–H and O–H groups in total. The SMILES string of the molecule is C=CCCCCC(=O)OC[C@@H](NC(=O)[C@H](CC=C)CC(=O)N(CCO)Cc1ccccc1)C(C)(C)C. The highest BCUT2D eigenvalue weighted by Crippen LogP contribution is 2.22. The van der Waals surface area contributed by atoms with Gasteiger partial charge in [-0.3, -0.25) is 14.4 Å². The average Bonchev–Trinajstić information content (AvgIpc) is 2.83. The van der Waals surface area contributed by atoms with E-state index in [-0.39, 0.29) is 49.4 Å². The highest BCUT2D eigenvalue weighted by molar-refractivity contribution is 5.86. The van der Waals surface area contributed by atoms with Crippen molar-refractivity contribution in [3.8, 4) is 0 Å². The summed E-state index contributed by atoms with van der Waals surface area (Å²) in [4.78, 5) is 40.0. The second-order valence-corrected chi connectivity index (χ2v) is 10.1. The number of aliphatic hydroxyl groups excluding tert-OH is 1. The summed E-state index contributed by atoms with van der Waals surface area (Å²) < 4.78 is 5.47. The van der Waals surface area contributed by atoms with Crippen LogP contribution in [0.15, 0.2) is 55.6 Å². The molecule has 2 amide bonds. The summed E-state index contributed by atoms with van der Waals surface area (Å²) in [6.45, 7) is 13.8. The lowest BCUT2D eigenvalue weighted by atomic mass is 9.86. The van der Waals surface area contributed by atoms with Crippen molar-refractivity contribution in [2.45, 2.75) is 71.9 Å². The molecule has 7 heteroatoms. The number of rotatable bonds is 17. The van der Waals surface area contributed by atoms with Crippen LogP contribution in [0.4, 0.5) is 0 Å². The summed E-state index contributed by atoms with van der Waals surface area (Å²) in [5.41, 5.74) is 0.584. The Balaban J connectivity index is 2.81. The molecule has 0 saturated heterocycles. The van der Waals surface area contributed by atoms with Gasteiger partial charge in [0.25, 0.3) is 0 Å². The van der Waals surface area contributed by atoms with Crippen molar-refractivity contribution in [2.24, 2.45) is 11.3 Å². The maximum absolute atomic E-state index is 13.2. The summed E-state index contributed by atoms with van der Waals surface area (Å²) in [6, 6.07) is 9.11. The van der Waals surface area contributed by atoms with Crippen molar-refractivity contribution in [3.05, 3.63) is 61.2 Å². The van der Waals surface area contributed by atoms with Crippen LogP contribution in [0.3, 0.4) is 0 Å². The molecule has 0 unspecified atom stereocenters. The number of unbranched alkanes of at least 4 members (excludes halogenated alkanes) is 2. The molecule has 0 fully saturated rings. The number of esters is 1. The first-order valence-corrected chi connectivity index (χ1v) is 12.7. The third-order valence-electron chi connectivity index (χ3n) is 5.99. The Bertz CT molecular complexity index is 832. The number of benzene rings is 1. The third kappa shape index (κ3) is 12.2. The van der Waals surface area contributed by atoms with Gasteiger partial charge >= 0.3 is 5.97 Å². The summed E-state index contributed by atoms with van der Waals surface area (Å²) in [7, 11) is 0. The number of ether oxygens (including phenoxy) is 1. The quantitative estimate of drug-likeness (QED) is 0.188. The van der Waals surface area contributed by atoms with E-state index in [9.17, 15) is 19.5 Å². The van der Waals surface area contributed by atoms with Crippen molar-refractivity contribution in [1.29, 1.82) is 0 Å². The highest BCUT2D eigenvalue weighted by atomic mass is 16.5. The smallest absolute Gasteiger partial charge is 0.305 e. The molecule has 1 aromatic carbocycles. The van der Waals surface area contributed by atoms with Gasteiger partial charge in [0.15, 0.2) is 0 Å². The van der Waals surface area contributed by atoms with Crippen molar-refractivity contribution < 1.29 is 24.2 Å². The van der Waals surface area contributed by atoms with Crippen LogP contribution in [-0.2, 0) is 25.7 Å². The van der Waals surface area contributed by atoms with Gasteiger partial charge in [-0.05, 0) is 36.7 Å². The van der Waals surface area contributed by atoms with E-state index in [4.69, 9.17) is 4.74 Å². The van der Waals surface area contributed by atoms with E-state index in [1.54, 1.807) is 11.0 Å². The van der Waals surface area contributed by atoms with Gasteiger partial charge in [0.1, 0.15) is 6.61 Å². The number of hydrogen-bond donors (Lipinski definition) is 2. The zero-order valence-electron chi connectivity index (χ0n) is 22.2. The molecule has 200 valence electrons. The number of nitrogens with zero attached hydrogens (tertiary/aromatic N) is 1. The van der Waals surface area contributed by atoms with Gasteiger partial charge in [0, 0.05) is 25.9 Å². The van der Waals surface area contributed by atoms with Gasteiger partial charge in [0.05, 0.1) is 18.6 Å². The van der Waals surface area contributed by atoms with Gasteiger partial charge < -0.3 is 20.1 Å².